The van der Waals surface area contributed by atoms with E-state index in [1.54, 1.807) is 12.1 Å². The van der Waals surface area contributed by atoms with Crippen molar-refractivity contribution in [2.75, 3.05) is 11.9 Å². The van der Waals surface area contributed by atoms with Gasteiger partial charge in [0.25, 0.3) is 0 Å². The molecule has 1 N–H and O–H groups in total. The summed E-state index contributed by atoms with van der Waals surface area (Å²) in [6, 6.07) is 7.23. The first-order valence-electron chi connectivity index (χ1n) is 5.69. The number of halogens is 1. The van der Waals surface area contributed by atoms with Gasteiger partial charge in [-0.1, -0.05) is 11.6 Å². The summed E-state index contributed by atoms with van der Waals surface area (Å²) in [4.78, 5) is 8.16. The number of rotatable bonds is 4. The Labute approximate surface area is 111 Å². The van der Waals surface area contributed by atoms with Crippen molar-refractivity contribution < 1.29 is 4.74 Å². The number of nitrogens with one attached hydrogen (secondary N) is 1. The van der Waals surface area contributed by atoms with Crippen LogP contribution < -0.4 is 10.1 Å². The second kappa shape index (κ2) is 5.69. The number of ether oxygens (including phenoxy) is 1. The average molecular weight is 264 g/mol. The van der Waals surface area contributed by atoms with Gasteiger partial charge in [-0.05, 0) is 37.6 Å². The predicted molar refractivity (Wildman–Crippen MR) is 72.5 cm³/mol. The van der Waals surface area contributed by atoms with Crippen molar-refractivity contribution in [2.45, 2.75) is 13.8 Å². The topological polar surface area (TPSA) is 47.0 Å². The predicted octanol–water partition coefficient (Wildman–Crippen LogP) is 3.66. The van der Waals surface area contributed by atoms with E-state index in [1.165, 1.54) is 6.33 Å². The van der Waals surface area contributed by atoms with E-state index in [2.05, 4.69) is 15.3 Å². The Kier molecular flexibility index (Phi) is 3.99. The van der Waals surface area contributed by atoms with E-state index in [-0.39, 0.29) is 0 Å². The molecule has 0 unspecified atom stereocenters. The van der Waals surface area contributed by atoms with Crippen molar-refractivity contribution in [1.82, 2.24) is 9.97 Å². The smallest absolute Gasteiger partial charge is 0.224 e. The maximum atomic E-state index is 5.90. The number of benzene rings is 1. The van der Waals surface area contributed by atoms with Crippen LogP contribution >= 0.6 is 11.6 Å². The number of aromatic nitrogens is 2. The van der Waals surface area contributed by atoms with Gasteiger partial charge in [-0.3, -0.25) is 0 Å². The Morgan fingerprint density at radius 1 is 1.28 bits per heavy atom. The number of hydrogen-bond acceptors (Lipinski definition) is 4. The largest absolute Gasteiger partial charge is 0.439 e. The molecule has 0 spiro atoms. The minimum Gasteiger partial charge on any atom is -0.439 e. The third-order valence-electron chi connectivity index (χ3n) is 2.35. The second-order valence-electron chi connectivity index (χ2n) is 3.78. The van der Waals surface area contributed by atoms with Gasteiger partial charge in [0, 0.05) is 17.6 Å². The lowest BCUT2D eigenvalue weighted by Gasteiger charge is -2.09. The molecule has 0 bridgehead atoms. The van der Waals surface area contributed by atoms with Crippen LogP contribution in [0.3, 0.4) is 0 Å². The minimum absolute atomic E-state index is 0.506. The number of nitrogens with zero attached hydrogens (tertiary/aromatic N) is 2. The molecule has 2 rings (SSSR count). The van der Waals surface area contributed by atoms with Crippen LogP contribution in [0, 0.1) is 6.92 Å². The van der Waals surface area contributed by atoms with Crippen molar-refractivity contribution in [2.24, 2.45) is 0 Å². The highest BCUT2D eigenvalue weighted by Crippen LogP contribution is 2.26. The Morgan fingerprint density at radius 3 is 2.83 bits per heavy atom. The van der Waals surface area contributed by atoms with E-state index in [4.69, 9.17) is 16.3 Å². The Hall–Kier alpha value is -1.81. The maximum Gasteiger partial charge on any atom is 0.224 e. The molecule has 1 aromatic carbocycles. The second-order valence-corrected chi connectivity index (χ2v) is 4.22. The standard InChI is InChI=1S/C13H14ClN3O/c1-3-15-12-7-13(17-8-16-12)18-11-5-4-10(14)6-9(11)2/h4-8H,3H2,1-2H3,(H,15,16,17). The molecule has 0 saturated carbocycles. The van der Waals surface area contributed by atoms with E-state index in [1.807, 2.05) is 26.0 Å². The van der Waals surface area contributed by atoms with Crippen LogP contribution in [-0.2, 0) is 0 Å². The molecule has 0 radical (unpaired) electrons. The molecule has 4 nitrogen and oxygen atoms in total. The first-order valence-corrected chi connectivity index (χ1v) is 6.06. The van der Waals surface area contributed by atoms with Crippen LogP contribution in [0.15, 0.2) is 30.6 Å². The van der Waals surface area contributed by atoms with Gasteiger partial charge in [0.1, 0.15) is 17.9 Å². The summed E-state index contributed by atoms with van der Waals surface area (Å²) in [5, 5.41) is 3.80. The van der Waals surface area contributed by atoms with Crippen molar-refractivity contribution >= 4 is 17.4 Å². The highest BCUT2D eigenvalue weighted by Gasteiger charge is 2.04. The van der Waals surface area contributed by atoms with Gasteiger partial charge < -0.3 is 10.1 Å². The summed E-state index contributed by atoms with van der Waals surface area (Å²) in [7, 11) is 0. The third kappa shape index (κ3) is 3.11. The molecule has 0 aliphatic carbocycles. The molecule has 0 amide bonds. The number of hydrogen-bond donors (Lipinski definition) is 1. The van der Waals surface area contributed by atoms with Crippen LogP contribution in [-0.4, -0.2) is 16.5 Å². The van der Waals surface area contributed by atoms with Gasteiger partial charge in [-0.15, -0.1) is 0 Å². The highest BCUT2D eigenvalue weighted by atomic mass is 35.5. The van der Waals surface area contributed by atoms with E-state index in [9.17, 15) is 0 Å². The fourth-order valence-corrected chi connectivity index (χ4v) is 1.74. The summed E-state index contributed by atoms with van der Waals surface area (Å²) in [5.74, 6) is 1.99. The molecular weight excluding hydrogens is 250 g/mol. The summed E-state index contributed by atoms with van der Waals surface area (Å²) in [6.45, 7) is 4.75. The first-order chi connectivity index (χ1) is 8.69. The van der Waals surface area contributed by atoms with Gasteiger partial charge in [0.15, 0.2) is 0 Å². The lowest BCUT2D eigenvalue weighted by molar-refractivity contribution is 0.458. The van der Waals surface area contributed by atoms with Crippen molar-refractivity contribution in [3.63, 3.8) is 0 Å². The molecule has 0 saturated heterocycles. The number of anilines is 1. The lowest BCUT2D eigenvalue weighted by Crippen LogP contribution is -2.00. The quantitative estimate of drug-likeness (QED) is 0.914. The Balaban J connectivity index is 2.20. The molecule has 5 heteroatoms. The van der Waals surface area contributed by atoms with Crippen LogP contribution in [0.2, 0.25) is 5.02 Å². The van der Waals surface area contributed by atoms with Crippen molar-refractivity contribution in [1.29, 1.82) is 0 Å². The molecule has 94 valence electrons. The average Bonchev–Trinajstić information content (AvgIpc) is 2.34. The summed E-state index contributed by atoms with van der Waals surface area (Å²) in [5.41, 5.74) is 0.964. The molecule has 18 heavy (non-hydrogen) atoms. The summed E-state index contributed by atoms with van der Waals surface area (Å²) in [6.07, 6.45) is 1.47. The molecule has 0 atom stereocenters. The van der Waals surface area contributed by atoms with E-state index >= 15 is 0 Å². The molecule has 0 aliphatic rings. The van der Waals surface area contributed by atoms with Crippen LogP contribution in [0.4, 0.5) is 5.82 Å². The van der Waals surface area contributed by atoms with Crippen molar-refractivity contribution in [3.05, 3.63) is 41.2 Å². The number of aryl methyl sites for hydroxylation is 1. The zero-order chi connectivity index (χ0) is 13.0. The fourth-order valence-electron chi connectivity index (χ4n) is 1.51. The minimum atomic E-state index is 0.506. The summed E-state index contributed by atoms with van der Waals surface area (Å²) >= 11 is 5.90. The fraction of sp³-hybridized carbons (Fsp3) is 0.231. The normalized spacial score (nSPS) is 10.2. The molecule has 1 heterocycles. The van der Waals surface area contributed by atoms with Gasteiger partial charge in [0.05, 0.1) is 0 Å². The van der Waals surface area contributed by atoms with Crippen molar-refractivity contribution in [3.8, 4) is 11.6 Å². The molecule has 0 fully saturated rings. The SMILES string of the molecule is CCNc1cc(Oc2ccc(Cl)cc2C)ncn1. The van der Waals surface area contributed by atoms with Crippen LogP contribution in [0.1, 0.15) is 12.5 Å². The zero-order valence-electron chi connectivity index (χ0n) is 10.3. The molecule has 0 aliphatic heterocycles. The van der Waals surface area contributed by atoms with Crippen LogP contribution in [0.25, 0.3) is 0 Å². The van der Waals surface area contributed by atoms with E-state index < -0.39 is 0 Å². The van der Waals surface area contributed by atoms with E-state index in [0.29, 0.717) is 10.9 Å². The Morgan fingerprint density at radius 2 is 2.11 bits per heavy atom. The molecule has 2 aromatic rings. The monoisotopic (exact) mass is 263 g/mol. The van der Waals surface area contributed by atoms with Gasteiger partial charge in [0.2, 0.25) is 5.88 Å². The van der Waals surface area contributed by atoms with Gasteiger partial charge in [-0.25, -0.2) is 9.97 Å². The van der Waals surface area contributed by atoms with E-state index in [0.717, 1.165) is 23.7 Å². The molecular formula is C13H14ClN3O. The van der Waals surface area contributed by atoms with Gasteiger partial charge in [-0.2, -0.15) is 0 Å². The van der Waals surface area contributed by atoms with Crippen LogP contribution in [0.5, 0.6) is 11.6 Å². The summed E-state index contributed by atoms with van der Waals surface area (Å²) < 4.78 is 5.70. The Bertz CT molecular complexity index is 546. The first kappa shape index (κ1) is 12.6. The molecule has 1 aromatic heterocycles. The zero-order valence-corrected chi connectivity index (χ0v) is 11.0. The lowest BCUT2D eigenvalue weighted by atomic mass is 10.2. The highest BCUT2D eigenvalue weighted by molar-refractivity contribution is 6.30. The maximum absolute atomic E-state index is 5.90. The van der Waals surface area contributed by atoms with Gasteiger partial charge >= 0.3 is 0 Å². The third-order valence-corrected chi connectivity index (χ3v) is 2.59.